The quantitative estimate of drug-likeness (QED) is 0.723. The Kier molecular flexibility index (Phi) is 5.05. The SMILES string of the molecule is O=C(CN1C(=O)CNC1=O)NC1CCCN(Cc2ccccn2)C1. The van der Waals surface area contributed by atoms with Crippen LogP contribution in [0.1, 0.15) is 18.5 Å². The van der Waals surface area contributed by atoms with Crippen LogP contribution in [-0.2, 0) is 16.1 Å². The fourth-order valence-corrected chi connectivity index (χ4v) is 3.07. The van der Waals surface area contributed by atoms with Crippen LogP contribution in [0.4, 0.5) is 4.79 Å². The number of urea groups is 1. The molecule has 0 aliphatic carbocycles. The molecule has 0 bridgehead atoms. The number of aromatic nitrogens is 1. The van der Waals surface area contributed by atoms with Gasteiger partial charge in [-0.3, -0.25) is 24.4 Å². The van der Waals surface area contributed by atoms with E-state index < -0.39 is 6.03 Å². The average Bonchev–Trinajstić information content (AvgIpc) is 2.88. The summed E-state index contributed by atoms with van der Waals surface area (Å²) in [5.41, 5.74) is 1.00. The fourth-order valence-electron chi connectivity index (χ4n) is 3.07. The second-order valence-corrected chi connectivity index (χ2v) is 6.10. The van der Waals surface area contributed by atoms with Gasteiger partial charge in [-0.2, -0.15) is 0 Å². The van der Waals surface area contributed by atoms with Crippen molar-refractivity contribution in [3.8, 4) is 0 Å². The molecule has 0 radical (unpaired) electrons. The predicted octanol–water partition coefficient (Wildman–Crippen LogP) is -0.286. The first-order chi connectivity index (χ1) is 11.6. The number of rotatable bonds is 5. The van der Waals surface area contributed by atoms with Crippen molar-refractivity contribution < 1.29 is 14.4 Å². The molecule has 3 heterocycles. The van der Waals surface area contributed by atoms with Gasteiger partial charge in [0.25, 0.3) is 5.91 Å². The van der Waals surface area contributed by atoms with Crippen LogP contribution in [0.15, 0.2) is 24.4 Å². The molecule has 8 nitrogen and oxygen atoms in total. The van der Waals surface area contributed by atoms with Gasteiger partial charge in [-0.25, -0.2) is 4.79 Å². The Morgan fingerprint density at radius 3 is 2.96 bits per heavy atom. The van der Waals surface area contributed by atoms with E-state index in [-0.39, 0.29) is 30.9 Å². The Bertz CT molecular complexity index is 605. The van der Waals surface area contributed by atoms with Gasteiger partial charge in [-0.15, -0.1) is 0 Å². The molecule has 4 amide bonds. The molecule has 2 saturated heterocycles. The Hall–Kier alpha value is -2.48. The molecular formula is C16H21N5O3. The molecule has 3 rings (SSSR count). The number of hydrogen-bond donors (Lipinski definition) is 2. The van der Waals surface area contributed by atoms with E-state index in [0.717, 1.165) is 43.1 Å². The van der Waals surface area contributed by atoms with Crippen molar-refractivity contribution in [3.63, 3.8) is 0 Å². The molecule has 0 spiro atoms. The summed E-state index contributed by atoms with van der Waals surface area (Å²) < 4.78 is 0. The molecule has 2 fully saturated rings. The zero-order valence-corrected chi connectivity index (χ0v) is 13.4. The third-order valence-corrected chi connectivity index (χ3v) is 4.22. The summed E-state index contributed by atoms with van der Waals surface area (Å²) in [5, 5.41) is 5.33. The van der Waals surface area contributed by atoms with Gasteiger partial charge in [0.2, 0.25) is 5.91 Å². The van der Waals surface area contributed by atoms with Crippen LogP contribution in [0.2, 0.25) is 0 Å². The number of piperidine rings is 1. The Morgan fingerprint density at radius 2 is 2.25 bits per heavy atom. The summed E-state index contributed by atoms with van der Waals surface area (Å²) in [5.74, 6) is -0.666. The van der Waals surface area contributed by atoms with E-state index in [0.29, 0.717) is 0 Å². The lowest BCUT2D eigenvalue weighted by atomic mass is 10.1. The molecule has 1 aromatic rings. The highest BCUT2D eigenvalue weighted by molar-refractivity contribution is 6.04. The van der Waals surface area contributed by atoms with Crippen LogP contribution < -0.4 is 10.6 Å². The first-order valence-electron chi connectivity index (χ1n) is 8.11. The van der Waals surface area contributed by atoms with Crippen LogP contribution in [0.25, 0.3) is 0 Å². The van der Waals surface area contributed by atoms with E-state index in [2.05, 4.69) is 20.5 Å². The second-order valence-electron chi connectivity index (χ2n) is 6.10. The molecule has 8 heteroatoms. The van der Waals surface area contributed by atoms with Crippen molar-refractivity contribution in [2.24, 2.45) is 0 Å². The maximum Gasteiger partial charge on any atom is 0.325 e. The molecule has 2 aliphatic rings. The standard InChI is InChI=1S/C16H21N5O3/c22-14(11-21-15(23)8-18-16(21)24)19-13-5-3-7-20(10-13)9-12-4-1-2-6-17-12/h1-2,4,6,13H,3,5,7-11H2,(H,18,24)(H,19,22). The lowest BCUT2D eigenvalue weighted by molar-refractivity contribution is -0.131. The van der Waals surface area contributed by atoms with Crippen LogP contribution in [-0.4, -0.2) is 64.9 Å². The van der Waals surface area contributed by atoms with Crippen LogP contribution >= 0.6 is 0 Å². The highest BCUT2D eigenvalue weighted by Gasteiger charge is 2.31. The van der Waals surface area contributed by atoms with E-state index in [1.165, 1.54) is 0 Å². The van der Waals surface area contributed by atoms with Crippen LogP contribution in [0.5, 0.6) is 0 Å². The minimum absolute atomic E-state index is 0.0238. The number of hydrogen-bond acceptors (Lipinski definition) is 5. The van der Waals surface area contributed by atoms with Crippen LogP contribution in [0.3, 0.4) is 0 Å². The smallest absolute Gasteiger partial charge is 0.325 e. The number of carbonyl (C=O) groups excluding carboxylic acids is 3. The third kappa shape index (κ3) is 4.08. The number of carbonyl (C=O) groups is 3. The highest BCUT2D eigenvalue weighted by Crippen LogP contribution is 2.13. The molecular weight excluding hydrogens is 310 g/mol. The van der Waals surface area contributed by atoms with Gasteiger partial charge in [0, 0.05) is 25.3 Å². The summed E-state index contributed by atoms with van der Waals surface area (Å²) in [4.78, 5) is 42.6. The number of nitrogens with one attached hydrogen (secondary N) is 2. The molecule has 2 aliphatic heterocycles. The van der Waals surface area contributed by atoms with Crippen molar-refractivity contribution in [1.82, 2.24) is 25.4 Å². The summed E-state index contributed by atoms with van der Waals surface area (Å²) in [7, 11) is 0. The van der Waals surface area contributed by atoms with E-state index >= 15 is 0 Å². The number of pyridine rings is 1. The second kappa shape index (κ2) is 7.39. The molecule has 1 atom stereocenters. The van der Waals surface area contributed by atoms with Gasteiger partial charge in [-0.05, 0) is 31.5 Å². The Morgan fingerprint density at radius 1 is 1.38 bits per heavy atom. The molecule has 1 aromatic heterocycles. The van der Waals surface area contributed by atoms with E-state index in [9.17, 15) is 14.4 Å². The first kappa shape index (κ1) is 16.4. The van der Waals surface area contributed by atoms with Gasteiger partial charge in [0.15, 0.2) is 0 Å². The van der Waals surface area contributed by atoms with E-state index in [1.54, 1.807) is 6.20 Å². The normalized spacial score (nSPS) is 21.7. The maximum atomic E-state index is 12.1. The monoisotopic (exact) mass is 331 g/mol. The zero-order valence-electron chi connectivity index (χ0n) is 13.4. The van der Waals surface area contributed by atoms with Gasteiger partial charge >= 0.3 is 6.03 Å². The molecule has 2 N–H and O–H groups in total. The largest absolute Gasteiger partial charge is 0.351 e. The highest BCUT2D eigenvalue weighted by atomic mass is 16.2. The van der Waals surface area contributed by atoms with Gasteiger partial charge in [0.05, 0.1) is 12.2 Å². The van der Waals surface area contributed by atoms with Crippen molar-refractivity contribution >= 4 is 17.8 Å². The van der Waals surface area contributed by atoms with Crippen molar-refractivity contribution in [2.75, 3.05) is 26.2 Å². The predicted molar refractivity (Wildman–Crippen MR) is 85.8 cm³/mol. The van der Waals surface area contributed by atoms with Gasteiger partial charge < -0.3 is 10.6 Å². The molecule has 24 heavy (non-hydrogen) atoms. The lowest BCUT2D eigenvalue weighted by Gasteiger charge is -2.33. The zero-order chi connectivity index (χ0) is 16.9. The molecule has 1 unspecified atom stereocenters. The number of imide groups is 1. The summed E-state index contributed by atoms with van der Waals surface area (Å²) >= 11 is 0. The molecule has 128 valence electrons. The number of amides is 4. The summed E-state index contributed by atoms with van der Waals surface area (Å²) in [6.07, 6.45) is 3.65. The first-order valence-corrected chi connectivity index (χ1v) is 8.11. The summed E-state index contributed by atoms with van der Waals surface area (Å²) in [6.45, 7) is 2.20. The van der Waals surface area contributed by atoms with Crippen molar-refractivity contribution in [2.45, 2.75) is 25.4 Å². The average molecular weight is 331 g/mol. The number of likely N-dealkylation sites (tertiary alicyclic amines) is 1. The Balaban J connectivity index is 1.49. The number of nitrogens with zero attached hydrogens (tertiary/aromatic N) is 3. The lowest BCUT2D eigenvalue weighted by Crippen LogP contribution is -2.50. The topological polar surface area (TPSA) is 94.6 Å². The van der Waals surface area contributed by atoms with Crippen molar-refractivity contribution in [3.05, 3.63) is 30.1 Å². The van der Waals surface area contributed by atoms with Crippen LogP contribution in [0, 0.1) is 0 Å². The molecule has 0 saturated carbocycles. The Labute approximate surface area is 140 Å². The van der Waals surface area contributed by atoms with Crippen molar-refractivity contribution in [1.29, 1.82) is 0 Å². The fraction of sp³-hybridized carbons (Fsp3) is 0.500. The van der Waals surface area contributed by atoms with Gasteiger partial charge in [0.1, 0.15) is 6.54 Å². The van der Waals surface area contributed by atoms with Gasteiger partial charge in [-0.1, -0.05) is 6.07 Å². The summed E-state index contributed by atoms with van der Waals surface area (Å²) in [6, 6.07) is 5.36. The third-order valence-electron chi connectivity index (χ3n) is 4.22. The molecule has 0 aromatic carbocycles. The minimum atomic E-state index is -0.504. The van der Waals surface area contributed by atoms with E-state index in [4.69, 9.17) is 0 Å². The van der Waals surface area contributed by atoms with E-state index in [1.807, 2.05) is 18.2 Å². The maximum absolute atomic E-state index is 12.1. The minimum Gasteiger partial charge on any atom is -0.351 e.